The van der Waals surface area contributed by atoms with Gasteiger partial charge in [0.1, 0.15) is 11.6 Å². The predicted molar refractivity (Wildman–Crippen MR) is 93.6 cm³/mol. The zero-order valence-electron chi connectivity index (χ0n) is 14.1. The fraction of sp³-hybridized carbons (Fsp3) is 0.353. The number of benzene rings is 1. The van der Waals surface area contributed by atoms with Gasteiger partial charge >= 0.3 is 0 Å². The molecule has 8 heteroatoms. The fourth-order valence-electron chi connectivity index (χ4n) is 3.40. The normalized spacial score (nSPS) is 16.6. The SMILES string of the molecule is Cc1cc(N[C@@H]2CCc3nc(C)nn3C2)c2cccc([N+](=O)[O-])c2n1. The summed E-state index contributed by atoms with van der Waals surface area (Å²) in [5.74, 6) is 1.80. The maximum absolute atomic E-state index is 11.3. The number of aryl methyl sites for hydroxylation is 3. The summed E-state index contributed by atoms with van der Waals surface area (Å²) in [4.78, 5) is 19.7. The number of nitro benzene ring substituents is 1. The van der Waals surface area contributed by atoms with Crippen LogP contribution in [0.5, 0.6) is 0 Å². The number of fused-ring (bicyclic) bond motifs is 2. The van der Waals surface area contributed by atoms with E-state index in [9.17, 15) is 10.1 Å². The lowest BCUT2D eigenvalue weighted by Crippen LogP contribution is -2.32. The Kier molecular flexibility index (Phi) is 3.60. The highest BCUT2D eigenvalue weighted by atomic mass is 16.6. The smallest absolute Gasteiger partial charge is 0.295 e. The number of para-hydroxylation sites is 1. The van der Waals surface area contributed by atoms with Crippen molar-refractivity contribution in [1.82, 2.24) is 19.7 Å². The summed E-state index contributed by atoms with van der Waals surface area (Å²) >= 11 is 0. The molecule has 1 aliphatic heterocycles. The Morgan fingerprint density at radius 1 is 1.32 bits per heavy atom. The van der Waals surface area contributed by atoms with Gasteiger partial charge in [-0.3, -0.25) is 10.1 Å². The standard InChI is InChI=1S/C17H18N6O2/c1-10-8-14(13-4-3-5-15(23(24)25)17(13)18-10)20-12-6-7-16-19-11(2)21-22(16)9-12/h3-5,8,12H,6-7,9H2,1-2H3,(H,18,20)/t12-/m1/s1. The quantitative estimate of drug-likeness (QED) is 0.582. The number of nitrogens with zero attached hydrogens (tertiary/aromatic N) is 5. The largest absolute Gasteiger partial charge is 0.380 e. The zero-order chi connectivity index (χ0) is 17.6. The summed E-state index contributed by atoms with van der Waals surface area (Å²) in [5.41, 5.74) is 2.07. The summed E-state index contributed by atoms with van der Waals surface area (Å²) in [6.45, 7) is 4.47. The maximum atomic E-state index is 11.3. The van der Waals surface area contributed by atoms with Crippen LogP contribution in [0.3, 0.4) is 0 Å². The lowest BCUT2D eigenvalue weighted by atomic mass is 10.1. The highest BCUT2D eigenvalue weighted by Crippen LogP contribution is 2.31. The first-order chi connectivity index (χ1) is 12.0. The summed E-state index contributed by atoms with van der Waals surface area (Å²) < 4.78 is 1.94. The summed E-state index contributed by atoms with van der Waals surface area (Å²) in [7, 11) is 0. The molecule has 4 rings (SSSR count). The Bertz CT molecular complexity index is 981. The number of hydrogen-bond donors (Lipinski definition) is 1. The van der Waals surface area contributed by atoms with E-state index >= 15 is 0 Å². The molecule has 25 heavy (non-hydrogen) atoms. The molecule has 1 atom stereocenters. The molecule has 0 amide bonds. The second kappa shape index (κ2) is 5.80. The van der Waals surface area contributed by atoms with Crippen LogP contribution in [0.2, 0.25) is 0 Å². The molecule has 8 nitrogen and oxygen atoms in total. The van der Waals surface area contributed by atoms with Crippen molar-refractivity contribution in [2.75, 3.05) is 5.32 Å². The molecular weight excluding hydrogens is 320 g/mol. The molecule has 2 aromatic heterocycles. The van der Waals surface area contributed by atoms with E-state index in [1.807, 2.05) is 30.7 Å². The van der Waals surface area contributed by atoms with Gasteiger partial charge < -0.3 is 5.32 Å². The van der Waals surface area contributed by atoms with Gasteiger partial charge in [0.25, 0.3) is 5.69 Å². The number of aromatic nitrogens is 4. The van der Waals surface area contributed by atoms with Crippen molar-refractivity contribution in [3.63, 3.8) is 0 Å². The van der Waals surface area contributed by atoms with Gasteiger partial charge in [0.2, 0.25) is 0 Å². The number of nitro groups is 1. The van der Waals surface area contributed by atoms with Gasteiger partial charge in [0.15, 0.2) is 5.52 Å². The molecule has 0 saturated carbocycles. The first-order valence-corrected chi connectivity index (χ1v) is 8.23. The summed E-state index contributed by atoms with van der Waals surface area (Å²) in [6, 6.07) is 7.18. The Morgan fingerprint density at radius 3 is 2.96 bits per heavy atom. The zero-order valence-corrected chi connectivity index (χ0v) is 14.1. The van der Waals surface area contributed by atoms with Gasteiger partial charge in [-0.15, -0.1) is 0 Å². The van der Waals surface area contributed by atoms with Crippen LogP contribution in [-0.2, 0) is 13.0 Å². The van der Waals surface area contributed by atoms with E-state index in [1.54, 1.807) is 6.07 Å². The van der Waals surface area contributed by atoms with E-state index in [0.717, 1.165) is 47.8 Å². The highest BCUT2D eigenvalue weighted by molar-refractivity contribution is 5.96. The van der Waals surface area contributed by atoms with Crippen molar-refractivity contribution in [1.29, 1.82) is 0 Å². The molecule has 0 unspecified atom stereocenters. The fourth-order valence-corrected chi connectivity index (χ4v) is 3.40. The third-order valence-corrected chi connectivity index (χ3v) is 4.47. The third kappa shape index (κ3) is 2.79. The van der Waals surface area contributed by atoms with Gasteiger partial charge in [0.05, 0.1) is 11.5 Å². The van der Waals surface area contributed by atoms with Crippen molar-refractivity contribution < 1.29 is 4.92 Å². The number of non-ortho nitro benzene ring substituents is 1. The second-order valence-electron chi connectivity index (χ2n) is 6.38. The van der Waals surface area contributed by atoms with E-state index in [-0.39, 0.29) is 16.7 Å². The Labute approximate surface area is 144 Å². The minimum absolute atomic E-state index is 0.0297. The van der Waals surface area contributed by atoms with Crippen molar-refractivity contribution in [2.45, 2.75) is 39.3 Å². The highest BCUT2D eigenvalue weighted by Gasteiger charge is 2.22. The molecular formula is C17H18N6O2. The van der Waals surface area contributed by atoms with Crippen molar-refractivity contribution in [3.05, 3.63) is 51.7 Å². The third-order valence-electron chi connectivity index (χ3n) is 4.47. The van der Waals surface area contributed by atoms with Crippen molar-refractivity contribution in [3.8, 4) is 0 Å². The lowest BCUT2D eigenvalue weighted by Gasteiger charge is -2.25. The molecule has 1 aliphatic rings. The first-order valence-electron chi connectivity index (χ1n) is 8.23. The van der Waals surface area contributed by atoms with E-state index < -0.39 is 0 Å². The number of pyridine rings is 1. The lowest BCUT2D eigenvalue weighted by molar-refractivity contribution is -0.383. The minimum Gasteiger partial charge on any atom is -0.380 e. The van der Waals surface area contributed by atoms with Crippen LogP contribution in [0, 0.1) is 24.0 Å². The molecule has 0 spiro atoms. The van der Waals surface area contributed by atoms with Crippen molar-refractivity contribution >= 4 is 22.3 Å². The van der Waals surface area contributed by atoms with Gasteiger partial charge in [0, 0.05) is 35.3 Å². The molecule has 0 fully saturated rings. The topological polar surface area (TPSA) is 98.8 Å². The number of rotatable bonds is 3. The number of nitrogens with one attached hydrogen (secondary N) is 1. The Hall–Kier alpha value is -3.03. The molecule has 3 heterocycles. The van der Waals surface area contributed by atoms with Crippen LogP contribution in [0.1, 0.15) is 23.8 Å². The van der Waals surface area contributed by atoms with Crippen LogP contribution in [-0.4, -0.2) is 30.7 Å². The molecule has 0 saturated heterocycles. The minimum atomic E-state index is -0.385. The maximum Gasteiger partial charge on any atom is 0.295 e. The van der Waals surface area contributed by atoms with Crippen LogP contribution in [0.15, 0.2) is 24.3 Å². The average Bonchev–Trinajstić information content (AvgIpc) is 2.93. The summed E-state index contributed by atoms with van der Waals surface area (Å²) in [5, 5.41) is 20.0. The van der Waals surface area contributed by atoms with Gasteiger partial charge in [-0.05, 0) is 26.3 Å². The molecule has 3 aromatic rings. The van der Waals surface area contributed by atoms with Crippen molar-refractivity contribution in [2.24, 2.45) is 0 Å². The Balaban J connectivity index is 1.70. The van der Waals surface area contributed by atoms with E-state index in [2.05, 4.69) is 20.4 Å². The van der Waals surface area contributed by atoms with Gasteiger partial charge in [-0.1, -0.05) is 12.1 Å². The van der Waals surface area contributed by atoms with E-state index in [4.69, 9.17) is 0 Å². The van der Waals surface area contributed by atoms with Gasteiger partial charge in [-0.2, -0.15) is 5.10 Å². The van der Waals surface area contributed by atoms with Crippen LogP contribution in [0.25, 0.3) is 10.9 Å². The van der Waals surface area contributed by atoms with Crippen LogP contribution < -0.4 is 5.32 Å². The van der Waals surface area contributed by atoms with Crippen LogP contribution >= 0.6 is 0 Å². The monoisotopic (exact) mass is 338 g/mol. The van der Waals surface area contributed by atoms with E-state index in [0.29, 0.717) is 5.52 Å². The van der Waals surface area contributed by atoms with E-state index in [1.165, 1.54) is 6.07 Å². The summed E-state index contributed by atoms with van der Waals surface area (Å²) in [6.07, 6.45) is 1.80. The molecule has 0 radical (unpaired) electrons. The predicted octanol–water partition coefficient (Wildman–Crippen LogP) is 2.78. The molecule has 0 bridgehead atoms. The average molecular weight is 338 g/mol. The molecule has 1 N–H and O–H groups in total. The number of hydrogen-bond acceptors (Lipinski definition) is 6. The van der Waals surface area contributed by atoms with Crippen LogP contribution in [0.4, 0.5) is 11.4 Å². The molecule has 0 aliphatic carbocycles. The number of anilines is 1. The Morgan fingerprint density at radius 2 is 2.16 bits per heavy atom. The second-order valence-corrected chi connectivity index (χ2v) is 6.38. The van der Waals surface area contributed by atoms with Gasteiger partial charge in [-0.25, -0.2) is 14.6 Å². The molecule has 1 aromatic carbocycles. The molecule has 128 valence electrons. The first kappa shape index (κ1) is 15.5.